The highest BCUT2D eigenvalue weighted by Crippen LogP contribution is 2.49. The quantitative estimate of drug-likeness (QED) is 0.856. The maximum Gasteiger partial charge on any atom is 0.420 e. The van der Waals surface area contributed by atoms with Gasteiger partial charge in [-0.25, -0.2) is 0 Å². The van der Waals surface area contributed by atoms with Crippen molar-refractivity contribution in [3.63, 3.8) is 0 Å². The summed E-state index contributed by atoms with van der Waals surface area (Å²) in [5.41, 5.74) is -1.53. The molecule has 0 saturated heterocycles. The molecule has 1 aliphatic carbocycles. The highest BCUT2D eigenvalue weighted by atomic mass is 19.4. The molecular formula is C14H15F3O2. The Morgan fingerprint density at radius 1 is 1.42 bits per heavy atom. The van der Waals surface area contributed by atoms with Crippen LogP contribution in [-0.2, 0) is 11.2 Å². The fourth-order valence-corrected chi connectivity index (χ4v) is 2.47. The van der Waals surface area contributed by atoms with Crippen LogP contribution in [0.1, 0.15) is 23.7 Å². The first-order valence-electron chi connectivity index (χ1n) is 6.00. The number of hydrogen-bond acceptors (Lipinski definition) is 2. The molecule has 0 aromatic heterocycles. The number of ether oxygens (including phenoxy) is 1. The Kier molecular flexibility index (Phi) is 3.69. The van der Waals surface area contributed by atoms with Crippen molar-refractivity contribution in [2.24, 2.45) is 0 Å². The second kappa shape index (κ2) is 4.98. The van der Waals surface area contributed by atoms with Gasteiger partial charge in [-0.3, -0.25) is 0 Å². The van der Waals surface area contributed by atoms with Gasteiger partial charge in [-0.2, -0.15) is 13.2 Å². The molecule has 1 aromatic carbocycles. The SMILES string of the molecule is C=CCO[C@@]1(C(F)(F)F)CCc2ccccc2[C@H]1O. The highest BCUT2D eigenvalue weighted by Gasteiger charge is 2.62. The summed E-state index contributed by atoms with van der Waals surface area (Å²) in [7, 11) is 0. The number of aliphatic hydroxyl groups excluding tert-OH is 1. The van der Waals surface area contributed by atoms with Crippen molar-refractivity contribution in [3.05, 3.63) is 48.0 Å². The molecular weight excluding hydrogens is 257 g/mol. The van der Waals surface area contributed by atoms with Crippen LogP contribution in [0.5, 0.6) is 0 Å². The predicted molar refractivity (Wildman–Crippen MR) is 64.7 cm³/mol. The van der Waals surface area contributed by atoms with Crippen LogP contribution >= 0.6 is 0 Å². The summed E-state index contributed by atoms with van der Waals surface area (Å²) in [5.74, 6) is 0. The first-order valence-corrected chi connectivity index (χ1v) is 6.00. The number of aliphatic hydroxyl groups is 1. The normalized spacial score (nSPS) is 26.8. The molecule has 0 unspecified atom stereocenters. The fraction of sp³-hybridized carbons (Fsp3) is 0.429. The molecule has 1 aliphatic rings. The number of aryl methyl sites for hydroxylation is 1. The van der Waals surface area contributed by atoms with Gasteiger partial charge in [-0.15, -0.1) is 6.58 Å². The largest absolute Gasteiger partial charge is 0.420 e. The van der Waals surface area contributed by atoms with Gasteiger partial charge in [0.1, 0.15) is 6.10 Å². The average molecular weight is 272 g/mol. The number of benzene rings is 1. The van der Waals surface area contributed by atoms with Crippen LogP contribution in [0.15, 0.2) is 36.9 Å². The van der Waals surface area contributed by atoms with E-state index in [-0.39, 0.29) is 25.0 Å². The zero-order valence-electron chi connectivity index (χ0n) is 10.3. The topological polar surface area (TPSA) is 29.5 Å². The van der Waals surface area contributed by atoms with Crippen LogP contribution in [-0.4, -0.2) is 23.5 Å². The predicted octanol–water partition coefficient (Wildman–Crippen LogP) is 3.17. The van der Waals surface area contributed by atoms with Crippen molar-refractivity contribution in [3.8, 4) is 0 Å². The van der Waals surface area contributed by atoms with Gasteiger partial charge in [0.25, 0.3) is 0 Å². The van der Waals surface area contributed by atoms with Gasteiger partial charge in [0.2, 0.25) is 0 Å². The first kappa shape index (κ1) is 14.1. The van der Waals surface area contributed by atoms with Crippen LogP contribution in [0.2, 0.25) is 0 Å². The number of hydrogen-bond donors (Lipinski definition) is 1. The zero-order chi connectivity index (χ0) is 14.1. The lowest BCUT2D eigenvalue weighted by molar-refractivity contribution is -0.311. The molecule has 0 amide bonds. The van der Waals surface area contributed by atoms with Gasteiger partial charge in [0, 0.05) is 0 Å². The molecule has 2 atom stereocenters. The van der Waals surface area contributed by atoms with Gasteiger partial charge in [-0.1, -0.05) is 30.3 Å². The van der Waals surface area contributed by atoms with Crippen molar-refractivity contribution >= 4 is 0 Å². The van der Waals surface area contributed by atoms with Gasteiger partial charge in [0.05, 0.1) is 6.61 Å². The van der Waals surface area contributed by atoms with Crippen molar-refractivity contribution in [1.29, 1.82) is 0 Å². The number of rotatable bonds is 3. The Morgan fingerprint density at radius 3 is 2.74 bits per heavy atom. The Bertz CT molecular complexity index is 470. The van der Waals surface area contributed by atoms with E-state index in [4.69, 9.17) is 4.74 Å². The van der Waals surface area contributed by atoms with Crippen molar-refractivity contribution in [1.82, 2.24) is 0 Å². The minimum Gasteiger partial charge on any atom is -0.385 e. The van der Waals surface area contributed by atoms with Crippen molar-refractivity contribution in [2.45, 2.75) is 30.7 Å². The van der Waals surface area contributed by atoms with E-state index in [9.17, 15) is 18.3 Å². The van der Waals surface area contributed by atoms with E-state index in [1.54, 1.807) is 18.2 Å². The maximum atomic E-state index is 13.3. The van der Waals surface area contributed by atoms with Crippen LogP contribution in [0.4, 0.5) is 13.2 Å². The summed E-state index contributed by atoms with van der Waals surface area (Å²) in [6, 6.07) is 6.60. The highest BCUT2D eigenvalue weighted by molar-refractivity contribution is 5.35. The van der Waals surface area contributed by atoms with Crippen LogP contribution in [0, 0.1) is 0 Å². The lowest BCUT2D eigenvalue weighted by atomic mass is 9.77. The first-order chi connectivity index (χ1) is 8.92. The molecule has 0 bridgehead atoms. The molecule has 0 aliphatic heterocycles. The van der Waals surface area contributed by atoms with E-state index in [0.717, 1.165) is 5.56 Å². The van der Waals surface area contributed by atoms with E-state index < -0.39 is 17.9 Å². The molecule has 0 spiro atoms. The van der Waals surface area contributed by atoms with E-state index in [1.807, 2.05) is 0 Å². The van der Waals surface area contributed by atoms with Gasteiger partial charge < -0.3 is 9.84 Å². The monoisotopic (exact) mass is 272 g/mol. The number of alkyl halides is 3. The molecule has 2 rings (SSSR count). The van der Waals surface area contributed by atoms with Crippen molar-refractivity contribution < 1.29 is 23.0 Å². The Balaban J connectivity index is 2.44. The summed E-state index contributed by atoms with van der Waals surface area (Å²) < 4.78 is 45.0. The number of halogens is 3. The van der Waals surface area contributed by atoms with Gasteiger partial charge in [-0.05, 0) is 24.0 Å². The summed E-state index contributed by atoms with van der Waals surface area (Å²) in [4.78, 5) is 0. The Morgan fingerprint density at radius 2 is 2.11 bits per heavy atom. The third kappa shape index (κ3) is 2.28. The standard InChI is InChI=1S/C14H15F3O2/c1-2-9-19-13(14(15,16)17)8-7-10-5-3-4-6-11(10)12(13)18/h2-6,12,18H,1,7-9H2/t12-,13+/m1/s1. The lowest BCUT2D eigenvalue weighted by Crippen LogP contribution is -2.54. The smallest absolute Gasteiger partial charge is 0.385 e. The Hall–Kier alpha value is -1.33. The molecule has 0 heterocycles. The minimum absolute atomic E-state index is 0.226. The maximum absolute atomic E-state index is 13.3. The lowest BCUT2D eigenvalue weighted by Gasteiger charge is -2.42. The second-order valence-electron chi connectivity index (χ2n) is 4.59. The van der Waals surface area contributed by atoms with E-state index >= 15 is 0 Å². The fourth-order valence-electron chi connectivity index (χ4n) is 2.47. The summed E-state index contributed by atoms with van der Waals surface area (Å²) in [6.07, 6.45) is -5.16. The van der Waals surface area contributed by atoms with Crippen LogP contribution < -0.4 is 0 Å². The molecule has 104 valence electrons. The van der Waals surface area contributed by atoms with E-state index in [1.165, 1.54) is 12.1 Å². The minimum atomic E-state index is -4.64. The van der Waals surface area contributed by atoms with Gasteiger partial charge >= 0.3 is 6.18 Å². The molecule has 0 saturated carbocycles. The van der Waals surface area contributed by atoms with E-state index in [0.29, 0.717) is 0 Å². The molecule has 0 fully saturated rings. The second-order valence-corrected chi connectivity index (χ2v) is 4.59. The molecule has 0 radical (unpaired) electrons. The van der Waals surface area contributed by atoms with Crippen LogP contribution in [0.25, 0.3) is 0 Å². The summed E-state index contributed by atoms with van der Waals surface area (Å²) in [5, 5.41) is 10.2. The molecule has 19 heavy (non-hydrogen) atoms. The molecule has 5 heteroatoms. The number of fused-ring (bicyclic) bond motifs is 1. The third-order valence-corrected chi connectivity index (χ3v) is 3.50. The zero-order valence-corrected chi connectivity index (χ0v) is 10.3. The molecule has 1 aromatic rings. The molecule has 2 nitrogen and oxygen atoms in total. The van der Waals surface area contributed by atoms with E-state index in [2.05, 4.69) is 6.58 Å². The van der Waals surface area contributed by atoms with Crippen LogP contribution in [0.3, 0.4) is 0 Å². The summed E-state index contributed by atoms with van der Waals surface area (Å²) in [6.45, 7) is 3.10. The summed E-state index contributed by atoms with van der Waals surface area (Å²) >= 11 is 0. The Labute approximate surface area is 109 Å². The van der Waals surface area contributed by atoms with Crippen molar-refractivity contribution in [2.75, 3.05) is 6.61 Å². The average Bonchev–Trinajstić information content (AvgIpc) is 2.37. The third-order valence-electron chi connectivity index (χ3n) is 3.50. The molecule has 1 N–H and O–H groups in total. The van der Waals surface area contributed by atoms with Gasteiger partial charge in [0.15, 0.2) is 5.60 Å².